The van der Waals surface area contributed by atoms with Gasteiger partial charge in [-0.05, 0) is 38.9 Å². The zero-order chi connectivity index (χ0) is 8.69. The van der Waals surface area contributed by atoms with Gasteiger partial charge in [0, 0.05) is 6.61 Å². The highest BCUT2D eigenvalue weighted by Gasteiger charge is 2.14. The molecule has 2 nitrogen and oxygen atoms in total. The van der Waals surface area contributed by atoms with Gasteiger partial charge in [0.1, 0.15) is 0 Å². The largest absolute Gasteiger partial charge is 0.396 e. The van der Waals surface area contributed by atoms with E-state index in [9.17, 15) is 0 Å². The van der Waals surface area contributed by atoms with E-state index in [0.717, 1.165) is 13.1 Å². The van der Waals surface area contributed by atoms with Crippen molar-refractivity contribution in [1.82, 2.24) is 4.90 Å². The minimum absolute atomic E-state index is 0.383. The molecular formula is C9H21NO. The number of likely N-dealkylation sites (tertiary alicyclic amines) is 1. The summed E-state index contributed by atoms with van der Waals surface area (Å²) < 4.78 is 0. The van der Waals surface area contributed by atoms with Crippen molar-refractivity contribution in [3.8, 4) is 0 Å². The highest BCUT2D eigenvalue weighted by molar-refractivity contribution is 4.68. The lowest BCUT2D eigenvalue weighted by Crippen LogP contribution is -2.31. The van der Waals surface area contributed by atoms with Gasteiger partial charge in [-0.3, -0.25) is 0 Å². The highest BCUT2D eigenvalue weighted by atomic mass is 16.3. The maximum Gasteiger partial charge on any atom is 0.0460 e. The van der Waals surface area contributed by atoms with Gasteiger partial charge in [-0.2, -0.15) is 0 Å². The molecule has 0 aromatic rings. The third-order valence-corrected chi connectivity index (χ3v) is 2.10. The molecule has 0 bridgehead atoms. The van der Waals surface area contributed by atoms with Crippen LogP contribution < -0.4 is 0 Å². The summed E-state index contributed by atoms with van der Waals surface area (Å²) in [6.07, 6.45) is 2.35. The molecule has 1 heterocycles. The molecule has 0 amide bonds. The van der Waals surface area contributed by atoms with Crippen LogP contribution >= 0.6 is 0 Å². The van der Waals surface area contributed by atoms with Crippen LogP contribution in [0.15, 0.2) is 0 Å². The van der Waals surface area contributed by atoms with Crippen LogP contribution in [0, 0.1) is 5.92 Å². The number of hydrogen-bond donors (Lipinski definition) is 1. The standard InChI is InChI=1S/C7H15NO.C2H6/c1-8-4-2-7(6-9)3-5-8;1-2/h7,9H,2-6H2,1H3;1-2H3. The van der Waals surface area contributed by atoms with E-state index < -0.39 is 0 Å². The van der Waals surface area contributed by atoms with Gasteiger partial charge in [-0.15, -0.1) is 0 Å². The van der Waals surface area contributed by atoms with E-state index in [2.05, 4.69) is 11.9 Å². The van der Waals surface area contributed by atoms with E-state index in [-0.39, 0.29) is 0 Å². The van der Waals surface area contributed by atoms with Crippen molar-refractivity contribution >= 4 is 0 Å². The Balaban J connectivity index is 0.000000461. The predicted octanol–water partition coefficient (Wildman–Crippen LogP) is 1.35. The summed E-state index contributed by atoms with van der Waals surface area (Å²) in [6.45, 7) is 6.70. The van der Waals surface area contributed by atoms with Crippen LogP contribution in [0.5, 0.6) is 0 Å². The first-order valence-corrected chi connectivity index (χ1v) is 4.62. The Hall–Kier alpha value is -0.0800. The molecule has 0 unspecified atom stereocenters. The SMILES string of the molecule is CC.CN1CCC(CO)CC1. The average Bonchev–Trinajstić information content (AvgIpc) is 2.10. The van der Waals surface area contributed by atoms with Crippen molar-refractivity contribution in [3.05, 3.63) is 0 Å². The molecule has 0 aromatic carbocycles. The summed E-state index contributed by atoms with van der Waals surface area (Å²) >= 11 is 0. The second-order valence-electron chi connectivity index (χ2n) is 2.93. The Labute approximate surface area is 70.2 Å². The summed E-state index contributed by atoms with van der Waals surface area (Å²) in [5, 5.41) is 8.76. The van der Waals surface area contributed by atoms with Gasteiger partial charge >= 0.3 is 0 Å². The second kappa shape index (κ2) is 6.62. The number of nitrogens with zero attached hydrogens (tertiary/aromatic N) is 1. The summed E-state index contributed by atoms with van der Waals surface area (Å²) in [5.74, 6) is 0.584. The number of hydrogen-bond acceptors (Lipinski definition) is 2. The van der Waals surface area contributed by atoms with E-state index >= 15 is 0 Å². The Morgan fingerprint density at radius 3 is 2.09 bits per heavy atom. The molecule has 0 radical (unpaired) electrons. The van der Waals surface area contributed by atoms with Crippen molar-refractivity contribution < 1.29 is 5.11 Å². The van der Waals surface area contributed by atoms with Gasteiger partial charge in [0.2, 0.25) is 0 Å². The second-order valence-corrected chi connectivity index (χ2v) is 2.93. The summed E-state index contributed by atoms with van der Waals surface area (Å²) in [5.41, 5.74) is 0. The quantitative estimate of drug-likeness (QED) is 0.624. The third-order valence-electron chi connectivity index (χ3n) is 2.10. The Morgan fingerprint density at radius 1 is 1.27 bits per heavy atom. The van der Waals surface area contributed by atoms with Crippen molar-refractivity contribution in [3.63, 3.8) is 0 Å². The minimum atomic E-state index is 0.383. The van der Waals surface area contributed by atoms with Crippen LogP contribution in [-0.2, 0) is 0 Å². The summed E-state index contributed by atoms with van der Waals surface area (Å²) in [4.78, 5) is 2.31. The van der Waals surface area contributed by atoms with Crippen molar-refractivity contribution in [2.75, 3.05) is 26.7 Å². The number of rotatable bonds is 1. The minimum Gasteiger partial charge on any atom is -0.396 e. The molecule has 0 aromatic heterocycles. The molecule has 0 aliphatic carbocycles. The molecule has 1 aliphatic rings. The molecule has 1 fully saturated rings. The number of aliphatic hydroxyl groups excluding tert-OH is 1. The maximum absolute atomic E-state index is 8.76. The van der Waals surface area contributed by atoms with E-state index in [1.165, 1.54) is 12.8 Å². The molecule has 1 aliphatic heterocycles. The molecule has 1 rings (SSSR count). The normalized spacial score (nSPS) is 20.7. The Bertz CT molecular complexity index is 77.6. The molecule has 0 spiro atoms. The fourth-order valence-electron chi connectivity index (χ4n) is 1.24. The van der Waals surface area contributed by atoms with Gasteiger partial charge in [0.25, 0.3) is 0 Å². The molecule has 68 valence electrons. The van der Waals surface area contributed by atoms with Gasteiger partial charge in [-0.1, -0.05) is 13.8 Å². The topological polar surface area (TPSA) is 23.5 Å². The molecule has 1 saturated heterocycles. The lowest BCUT2D eigenvalue weighted by molar-refractivity contribution is 0.148. The fraction of sp³-hybridized carbons (Fsp3) is 1.00. The molecule has 0 saturated carbocycles. The van der Waals surface area contributed by atoms with E-state index in [1.54, 1.807) is 0 Å². The lowest BCUT2D eigenvalue weighted by atomic mass is 9.98. The third kappa shape index (κ3) is 4.38. The Morgan fingerprint density at radius 2 is 1.73 bits per heavy atom. The van der Waals surface area contributed by atoms with Crippen LogP contribution in [0.1, 0.15) is 26.7 Å². The summed E-state index contributed by atoms with van der Waals surface area (Å²) in [6, 6.07) is 0. The van der Waals surface area contributed by atoms with Gasteiger partial charge in [0.05, 0.1) is 0 Å². The van der Waals surface area contributed by atoms with Crippen LogP contribution in [0.2, 0.25) is 0 Å². The lowest BCUT2D eigenvalue weighted by Gasteiger charge is -2.27. The first kappa shape index (κ1) is 10.9. The van der Waals surface area contributed by atoms with Gasteiger partial charge in [0.15, 0.2) is 0 Å². The monoisotopic (exact) mass is 159 g/mol. The van der Waals surface area contributed by atoms with Gasteiger partial charge < -0.3 is 10.0 Å². The zero-order valence-electron chi connectivity index (χ0n) is 8.01. The smallest absolute Gasteiger partial charge is 0.0460 e. The molecule has 1 N–H and O–H groups in total. The van der Waals surface area contributed by atoms with Gasteiger partial charge in [-0.25, -0.2) is 0 Å². The first-order chi connectivity index (χ1) is 5.33. The van der Waals surface area contributed by atoms with Crippen LogP contribution in [0.3, 0.4) is 0 Å². The molecule has 0 atom stereocenters. The van der Waals surface area contributed by atoms with E-state index in [1.807, 2.05) is 13.8 Å². The van der Waals surface area contributed by atoms with Crippen molar-refractivity contribution in [2.24, 2.45) is 5.92 Å². The van der Waals surface area contributed by atoms with Crippen LogP contribution in [0.4, 0.5) is 0 Å². The number of piperidine rings is 1. The van der Waals surface area contributed by atoms with Crippen LogP contribution in [0.25, 0.3) is 0 Å². The van der Waals surface area contributed by atoms with Crippen LogP contribution in [-0.4, -0.2) is 36.8 Å². The van der Waals surface area contributed by atoms with Crippen molar-refractivity contribution in [1.29, 1.82) is 0 Å². The molecular weight excluding hydrogens is 138 g/mol. The predicted molar refractivity (Wildman–Crippen MR) is 48.7 cm³/mol. The van der Waals surface area contributed by atoms with E-state index in [0.29, 0.717) is 12.5 Å². The van der Waals surface area contributed by atoms with Crippen molar-refractivity contribution in [2.45, 2.75) is 26.7 Å². The average molecular weight is 159 g/mol. The zero-order valence-corrected chi connectivity index (χ0v) is 8.01. The highest BCUT2D eigenvalue weighted by Crippen LogP contribution is 2.14. The fourth-order valence-corrected chi connectivity index (χ4v) is 1.24. The summed E-state index contributed by atoms with van der Waals surface area (Å²) in [7, 11) is 2.13. The van der Waals surface area contributed by atoms with E-state index in [4.69, 9.17) is 5.11 Å². The first-order valence-electron chi connectivity index (χ1n) is 4.62. The molecule has 11 heavy (non-hydrogen) atoms. The number of aliphatic hydroxyl groups is 1. The maximum atomic E-state index is 8.76. The molecule has 2 heteroatoms. The Kier molecular flexibility index (Phi) is 6.57.